The van der Waals surface area contributed by atoms with Crippen molar-refractivity contribution >= 4 is 11.8 Å². The maximum absolute atomic E-state index is 12.7. The second-order valence-electron chi connectivity index (χ2n) is 6.41. The monoisotopic (exact) mass is 339 g/mol. The van der Waals surface area contributed by atoms with Crippen LogP contribution in [-0.2, 0) is 4.74 Å². The molecule has 2 aliphatic rings. The number of fused-ring (bicyclic) bond motifs is 1. The molecule has 25 heavy (non-hydrogen) atoms. The lowest BCUT2D eigenvalue weighted by Crippen LogP contribution is -2.49. The lowest BCUT2D eigenvalue weighted by molar-refractivity contribution is 0.140. The van der Waals surface area contributed by atoms with E-state index in [1.807, 2.05) is 41.3 Å². The summed E-state index contributed by atoms with van der Waals surface area (Å²) in [4.78, 5) is 18.9. The van der Waals surface area contributed by atoms with Gasteiger partial charge in [-0.1, -0.05) is 24.3 Å². The quantitative estimate of drug-likeness (QED) is 0.929. The second-order valence-corrected chi connectivity index (χ2v) is 6.41. The number of likely N-dealkylation sites (tertiary alicyclic amines) is 1. The minimum absolute atomic E-state index is 0.121. The normalized spacial score (nSPS) is 22.3. The standard InChI is InChI=1S/C19H21N3O3/c23-19(22-11-5-6-14-12-24-13-16(14)22)21-17-9-4-10-18(20-17)25-15-7-2-1-3-8-15/h1-4,7-10,14,16H,5-6,11-13H2,(H,20,21,23)/t14-,16+/m1/s1. The van der Waals surface area contributed by atoms with Gasteiger partial charge in [-0.2, -0.15) is 4.98 Å². The number of piperidine rings is 1. The number of para-hydroxylation sites is 1. The first-order chi connectivity index (χ1) is 12.3. The number of pyridine rings is 1. The molecule has 2 aliphatic heterocycles. The van der Waals surface area contributed by atoms with E-state index in [-0.39, 0.29) is 12.1 Å². The number of carbonyl (C=O) groups excluding carboxylic acids is 1. The Bertz CT molecular complexity index is 738. The van der Waals surface area contributed by atoms with E-state index in [1.54, 1.807) is 12.1 Å². The summed E-state index contributed by atoms with van der Waals surface area (Å²) < 4.78 is 11.3. The molecule has 0 bridgehead atoms. The molecule has 1 aromatic heterocycles. The van der Waals surface area contributed by atoms with Gasteiger partial charge in [0.2, 0.25) is 5.88 Å². The Hall–Kier alpha value is -2.60. The van der Waals surface area contributed by atoms with Crippen molar-refractivity contribution in [3.8, 4) is 11.6 Å². The van der Waals surface area contributed by atoms with Gasteiger partial charge in [0, 0.05) is 18.5 Å². The van der Waals surface area contributed by atoms with E-state index >= 15 is 0 Å². The highest BCUT2D eigenvalue weighted by Crippen LogP contribution is 2.29. The number of aromatic nitrogens is 1. The summed E-state index contributed by atoms with van der Waals surface area (Å²) >= 11 is 0. The molecule has 130 valence electrons. The van der Waals surface area contributed by atoms with Crippen molar-refractivity contribution in [2.24, 2.45) is 5.92 Å². The fourth-order valence-electron chi connectivity index (χ4n) is 3.48. The highest BCUT2D eigenvalue weighted by molar-refractivity contribution is 5.88. The average Bonchev–Trinajstić information content (AvgIpc) is 3.11. The molecule has 1 aromatic carbocycles. The van der Waals surface area contributed by atoms with Crippen LogP contribution < -0.4 is 10.1 Å². The smallest absolute Gasteiger partial charge is 0.323 e. The summed E-state index contributed by atoms with van der Waals surface area (Å²) in [7, 11) is 0. The van der Waals surface area contributed by atoms with Gasteiger partial charge in [0.05, 0.1) is 19.3 Å². The number of hydrogen-bond acceptors (Lipinski definition) is 4. The Morgan fingerprint density at radius 2 is 2.04 bits per heavy atom. The molecule has 0 saturated carbocycles. The summed E-state index contributed by atoms with van der Waals surface area (Å²) in [5.41, 5.74) is 0. The van der Waals surface area contributed by atoms with Crippen LogP contribution in [0.5, 0.6) is 11.6 Å². The summed E-state index contributed by atoms with van der Waals surface area (Å²) in [5.74, 6) is 2.10. The van der Waals surface area contributed by atoms with Gasteiger partial charge in [0.15, 0.2) is 0 Å². The van der Waals surface area contributed by atoms with Crippen LogP contribution >= 0.6 is 0 Å². The molecule has 2 atom stereocenters. The third-order valence-corrected chi connectivity index (χ3v) is 4.72. The first kappa shape index (κ1) is 15.9. The van der Waals surface area contributed by atoms with Gasteiger partial charge in [-0.3, -0.25) is 5.32 Å². The van der Waals surface area contributed by atoms with Gasteiger partial charge in [0.1, 0.15) is 11.6 Å². The van der Waals surface area contributed by atoms with Crippen LogP contribution in [0.15, 0.2) is 48.5 Å². The Morgan fingerprint density at radius 3 is 2.92 bits per heavy atom. The summed E-state index contributed by atoms with van der Waals surface area (Å²) in [6, 6.07) is 14.9. The lowest BCUT2D eigenvalue weighted by atomic mass is 9.92. The molecule has 2 fully saturated rings. The average molecular weight is 339 g/mol. The molecule has 6 nitrogen and oxygen atoms in total. The Morgan fingerprint density at radius 1 is 1.16 bits per heavy atom. The Labute approximate surface area is 146 Å². The lowest BCUT2D eigenvalue weighted by Gasteiger charge is -2.36. The molecule has 0 spiro atoms. The third kappa shape index (κ3) is 3.58. The minimum atomic E-state index is -0.121. The van der Waals surface area contributed by atoms with Crippen molar-refractivity contribution in [2.75, 3.05) is 25.1 Å². The van der Waals surface area contributed by atoms with E-state index in [2.05, 4.69) is 10.3 Å². The van der Waals surface area contributed by atoms with E-state index < -0.39 is 0 Å². The third-order valence-electron chi connectivity index (χ3n) is 4.72. The molecule has 6 heteroatoms. The minimum Gasteiger partial charge on any atom is -0.439 e. The first-order valence-corrected chi connectivity index (χ1v) is 8.65. The van der Waals surface area contributed by atoms with Crippen LogP contribution in [0.4, 0.5) is 10.6 Å². The fourth-order valence-corrected chi connectivity index (χ4v) is 3.48. The molecule has 2 aromatic rings. The van der Waals surface area contributed by atoms with Gasteiger partial charge in [0.25, 0.3) is 0 Å². The maximum atomic E-state index is 12.7. The van der Waals surface area contributed by atoms with Crippen LogP contribution in [0.2, 0.25) is 0 Å². The van der Waals surface area contributed by atoms with Gasteiger partial charge in [-0.25, -0.2) is 4.79 Å². The highest BCUT2D eigenvalue weighted by atomic mass is 16.5. The zero-order valence-electron chi connectivity index (χ0n) is 13.9. The van der Waals surface area contributed by atoms with Crippen LogP contribution in [-0.4, -0.2) is 41.7 Å². The predicted octanol–water partition coefficient (Wildman–Crippen LogP) is 3.52. The molecular formula is C19H21N3O3. The molecule has 0 unspecified atom stereocenters. The number of hydrogen-bond donors (Lipinski definition) is 1. The molecule has 2 saturated heterocycles. The van der Waals surface area contributed by atoms with Crippen LogP contribution in [0.3, 0.4) is 0 Å². The number of anilines is 1. The summed E-state index contributed by atoms with van der Waals surface area (Å²) in [5, 5.41) is 2.89. The van der Waals surface area contributed by atoms with E-state index in [9.17, 15) is 4.79 Å². The molecular weight excluding hydrogens is 318 g/mol. The molecule has 4 rings (SSSR count). The topological polar surface area (TPSA) is 63.7 Å². The number of rotatable bonds is 3. The molecule has 0 radical (unpaired) electrons. The van der Waals surface area contributed by atoms with Crippen molar-refractivity contribution in [1.29, 1.82) is 0 Å². The van der Waals surface area contributed by atoms with Gasteiger partial charge < -0.3 is 14.4 Å². The number of amides is 2. The van der Waals surface area contributed by atoms with Gasteiger partial charge in [-0.15, -0.1) is 0 Å². The van der Waals surface area contributed by atoms with E-state index in [0.29, 0.717) is 30.0 Å². The molecule has 2 amide bonds. The number of ether oxygens (including phenoxy) is 2. The zero-order valence-corrected chi connectivity index (χ0v) is 13.9. The van der Waals surface area contributed by atoms with Gasteiger partial charge >= 0.3 is 6.03 Å². The Balaban J connectivity index is 1.43. The van der Waals surface area contributed by atoms with Crippen LogP contribution in [0.25, 0.3) is 0 Å². The van der Waals surface area contributed by atoms with E-state index in [0.717, 1.165) is 26.0 Å². The number of nitrogens with one attached hydrogen (secondary N) is 1. The van der Waals surface area contributed by atoms with Crippen molar-refractivity contribution in [1.82, 2.24) is 9.88 Å². The number of carbonyl (C=O) groups is 1. The molecule has 1 N–H and O–H groups in total. The van der Waals surface area contributed by atoms with Crippen molar-refractivity contribution in [3.63, 3.8) is 0 Å². The number of urea groups is 1. The van der Waals surface area contributed by atoms with E-state index in [4.69, 9.17) is 9.47 Å². The summed E-state index contributed by atoms with van der Waals surface area (Å²) in [6.45, 7) is 2.15. The maximum Gasteiger partial charge on any atom is 0.323 e. The fraction of sp³-hybridized carbons (Fsp3) is 0.368. The van der Waals surface area contributed by atoms with Gasteiger partial charge in [-0.05, 0) is 31.0 Å². The van der Waals surface area contributed by atoms with E-state index in [1.165, 1.54) is 0 Å². The molecule has 0 aliphatic carbocycles. The zero-order chi connectivity index (χ0) is 17.1. The predicted molar refractivity (Wildman–Crippen MR) is 93.8 cm³/mol. The van der Waals surface area contributed by atoms with Crippen LogP contribution in [0, 0.1) is 5.92 Å². The highest BCUT2D eigenvalue weighted by Gasteiger charge is 2.38. The number of benzene rings is 1. The number of nitrogens with zero attached hydrogens (tertiary/aromatic N) is 2. The largest absolute Gasteiger partial charge is 0.439 e. The first-order valence-electron chi connectivity index (χ1n) is 8.65. The van der Waals surface area contributed by atoms with Crippen molar-refractivity contribution in [2.45, 2.75) is 18.9 Å². The van der Waals surface area contributed by atoms with Crippen molar-refractivity contribution in [3.05, 3.63) is 48.5 Å². The molecule has 3 heterocycles. The van der Waals surface area contributed by atoms with Crippen molar-refractivity contribution < 1.29 is 14.3 Å². The van der Waals surface area contributed by atoms with Crippen LogP contribution in [0.1, 0.15) is 12.8 Å². The Kier molecular flexibility index (Phi) is 4.52. The SMILES string of the molecule is O=C(Nc1cccc(Oc2ccccc2)n1)N1CCC[C@@H]2COC[C@@H]21. The second kappa shape index (κ2) is 7.11. The summed E-state index contributed by atoms with van der Waals surface area (Å²) in [6.07, 6.45) is 2.15.